The summed E-state index contributed by atoms with van der Waals surface area (Å²) in [6.45, 7) is 6.27. The maximum atomic E-state index is 6.08. The van der Waals surface area contributed by atoms with Crippen molar-refractivity contribution in [2.45, 2.75) is 38.2 Å². The summed E-state index contributed by atoms with van der Waals surface area (Å²) in [4.78, 5) is 6.78. The summed E-state index contributed by atoms with van der Waals surface area (Å²) < 4.78 is 17.3. The minimum Gasteiger partial charge on any atom is -0.490 e. The zero-order chi connectivity index (χ0) is 19.4. The van der Waals surface area contributed by atoms with Crippen LogP contribution in [-0.4, -0.2) is 70.1 Å². The van der Waals surface area contributed by atoms with Gasteiger partial charge >= 0.3 is 0 Å². The molecule has 2 aliphatic rings. The SMILES string of the molecule is CN=C(NCCCOCC1CCOCC1)N1CCC(Oc2ccccc2)CC1. The molecule has 6 heteroatoms. The van der Waals surface area contributed by atoms with Crippen molar-refractivity contribution in [2.75, 3.05) is 53.1 Å². The van der Waals surface area contributed by atoms with Crippen LogP contribution in [0.5, 0.6) is 5.75 Å². The molecule has 2 aliphatic heterocycles. The van der Waals surface area contributed by atoms with Crippen LogP contribution >= 0.6 is 0 Å². The number of aliphatic imine (C=N–C) groups is 1. The van der Waals surface area contributed by atoms with Crippen LogP contribution in [0.2, 0.25) is 0 Å². The van der Waals surface area contributed by atoms with Gasteiger partial charge in [-0.05, 0) is 37.3 Å². The van der Waals surface area contributed by atoms with Crippen LogP contribution < -0.4 is 10.1 Å². The lowest BCUT2D eigenvalue weighted by atomic mass is 10.0. The predicted octanol–water partition coefficient (Wildman–Crippen LogP) is 2.94. The highest BCUT2D eigenvalue weighted by Gasteiger charge is 2.22. The second kappa shape index (κ2) is 11.9. The maximum Gasteiger partial charge on any atom is 0.193 e. The van der Waals surface area contributed by atoms with Crippen LogP contribution in [0.3, 0.4) is 0 Å². The first-order valence-corrected chi connectivity index (χ1v) is 10.7. The second-order valence-electron chi connectivity index (χ2n) is 7.58. The van der Waals surface area contributed by atoms with Crippen LogP contribution in [0.25, 0.3) is 0 Å². The molecular formula is C22H35N3O3. The Hall–Kier alpha value is -1.79. The molecule has 1 aromatic rings. The van der Waals surface area contributed by atoms with Gasteiger partial charge in [0.1, 0.15) is 11.9 Å². The lowest BCUT2D eigenvalue weighted by molar-refractivity contribution is 0.0203. The van der Waals surface area contributed by atoms with Crippen LogP contribution in [-0.2, 0) is 9.47 Å². The Bertz CT molecular complexity index is 568. The van der Waals surface area contributed by atoms with Gasteiger partial charge in [0, 0.05) is 66.0 Å². The Labute approximate surface area is 169 Å². The van der Waals surface area contributed by atoms with Crippen molar-refractivity contribution in [1.82, 2.24) is 10.2 Å². The smallest absolute Gasteiger partial charge is 0.193 e. The first-order chi connectivity index (χ1) is 13.8. The average molecular weight is 390 g/mol. The van der Waals surface area contributed by atoms with E-state index in [2.05, 4.69) is 15.2 Å². The van der Waals surface area contributed by atoms with E-state index in [1.807, 2.05) is 37.4 Å². The van der Waals surface area contributed by atoms with Crippen molar-refractivity contribution in [3.63, 3.8) is 0 Å². The fourth-order valence-electron chi connectivity index (χ4n) is 3.75. The number of likely N-dealkylation sites (tertiary alicyclic amines) is 1. The standard InChI is InChI=1S/C22H35N3O3/c1-23-22(24-12-5-15-27-18-19-10-16-26-17-11-19)25-13-8-21(9-14-25)28-20-6-3-2-4-7-20/h2-4,6-7,19,21H,5,8-18H2,1H3,(H,23,24). The zero-order valence-corrected chi connectivity index (χ0v) is 17.1. The number of nitrogens with zero attached hydrogens (tertiary/aromatic N) is 2. The molecule has 0 amide bonds. The van der Waals surface area contributed by atoms with Crippen molar-refractivity contribution < 1.29 is 14.2 Å². The van der Waals surface area contributed by atoms with E-state index in [0.717, 1.165) is 89.9 Å². The van der Waals surface area contributed by atoms with Crippen molar-refractivity contribution in [3.05, 3.63) is 30.3 Å². The molecule has 3 rings (SSSR count). The van der Waals surface area contributed by atoms with E-state index in [9.17, 15) is 0 Å². The summed E-state index contributed by atoms with van der Waals surface area (Å²) in [5, 5.41) is 3.48. The average Bonchev–Trinajstić information content (AvgIpc) is 2.75. The van der Waals surface area contributed by atoms with E-state index in [0.29, 0.717) is 5.92 Å². The number of rotatable bonds is 8. The number of hydrogen-bond donors (Lipinski definition) is 1. The minimum atomic E-state index is 0.287. The van der Waals surface area contributed by atoms with E-state index in [1.54, 1.807) is 0 Å². The number of benzene rings is 1. The predicted molar refractivity (Wildman–Crippen MR) is 112 cm³/mol. The molecule has 1 aromatic carbocycles. The fourth-order valence-corrected chi connectivity index (χ4v) is 3.75. The van der Waals surface area contributed by atoms with Gasteiger partial charge in [-0.25, -0.2) is 0 Å². The van der Waals surface area contributed by atoms with Gasteiger partial charge in [-0.15, -0.1) is 0 Å². The molecule has 2 saturated heterocycles. The Balaban J connectivity index is 1.27. The van der Waals surface area contributed by atoms with Gasteiger partial charge < -0.3 is 24.4 Å². The van der Waals surface area contributed by atoms with Gasteiger partial charge in [0.15, 0.2) is 5.96 Å². The van der Waals surface area contributed by atoms with Crippen LogP contribution in [0.15, 0.2) is 35.3 Å². The van der Waals surface area contributed by atoms with Crippen molar-refractivity contribution in [2.24, 2.45) is 10.9 Å². The summed E-state index contributed by atoms with van der Waals surface area (Å²) in [5.74, 6) is 2.63. The Kier molecular flexibility index (Phi) is 8.91. The van der Waals surface area contributed by atoms with Crippen LogP contribution in [0.1, 0.15) is 32.1 Å². The molecule has 0 bridgehead atoms. The molecule has 2 heterocycles. The number of ether oxygens (including phenoxy) is 3. The lowest BCUT2D eigenvalue weighted by Gasteiger charge is -2.34. The Morgan fingerprint density at radius 3 is 2.61 bits per heavy atom. The summed E-state index contributed by atoms with van der Waals surface area (Å²) >= 11 is 0. The number of hydrogen-bond acceptors (Lipinski definition) is 4. The van der Waals surface area contributed by atoms with Crippen molar-refractivity contribution in [1.29, 1.82) is 0 Å². The molecule has 1 N–H and O–H groups in total. The highest BCUT2D eigenvalue weighted by molar-refractivity contribution is 5.79. The minimum absolute atomic E-state index is 0.287. The molecule has 156 valence electrons. The molecular weight excluding hydrogens is 354 g/mol. The molecule has 0 aliphatic carbocycles. The Morgan fingerprint density at radius 2 is 1.89 bits per heavy atom. The van der Waals surface area contributed by atoms with E-state index in [-0.39, 0.29) is 6.10 Å². The summed E-state index contributed by atoms with van der Waals surface area (Å²) in [7, 11) is 1.86. The van der Waals surface area contributed by atoms with Gasteiger partial charge in [-0.3, -0.25) is 4.99 Å². The number of nitrogens with one attached hydrogen (secondary N) is 1. The van der Waals surface area contributed by atoms with Gasteiger partial charge in [0.05, 0.1) is 0 Å². The third-order valence-corrected chi connectivity index (χ3v) is 5.44. The first kappa shape index (κ1) is 20.9. The van der Waals surface area contributed by atoms with Gasteiger partial charge in [-0.1, -0.05) is 18.2 Å². The van der Waals surface area contributed by atoms with Crippen molar-refractivity contribution >= 4 is 5.96 Å². The maximum absolute atomic E-state index is 6.08. The monoisotopic (exact) mass is 389 g/mol. The summed E-state index contributed by atoms with van der Waals surface area (Å²) in [6, 6.07) is 10.1. The zero-order valence-electron chi connectivity index (χ0n) is 17.1. The topological polar surface area (TPSA) is 55.3 Å². The molecule has 2 fully saturated rings. The van der Waals surface area contributed by atoms with Crippen LogP contribution in [0.4, 0.5) is 0 Å². The first-order valence-electron chi connectivity index (χ1n) is 10.7. The summed E-state index contributed by atoms with van der Waals surface area (Å²) in [6.07, 6.45) is 5.59. The Morgan fingerprint density at radius 1 is 1.14 bits per heavy atom. The third kappa shape index (κ3) is 6.99. The number of guanidine groups is 1. The van der Waals surface area contributed by atoms with E-state index < -0.39 is 0 Å². The summed E-state index contributed by atoms with van der Waals surface area (Å²) in [5.41, 5.74) is 0. The van der Waals surface area contributed by atoms with E-state index >= 15 is 0 Å². The molecule has 0 saturated carbocycles. The molecule has 0 radical (unpaired) electrons. The van der Waals surface area contributed by atoms with E-state index in [1.165, 1.54) is 0 Å². The molecule has 6 nitrogen and oxygen atoms in total. The molecule has 0 spiro atoms. The molecule has 0 unspecified atom stereocenters. The van der Waals surface area contributed by atoms with Crippen molar-refractivity contribution in [3.8, 4) is 5.75 Å². The van der Waals surface area contributed by atoms with Gasteiger partial charge in [-0.2, -0.15) is 0 Å². The van der Waals surface area contributed by atoms with E-state index in [4.69, 9.17) is 14.2 Å². The van der Waals surface area contributed by atoms with Gasteiger partial charge in [0.2, 0.25) is 0 Å². The fraction of sp³-hybridized carbons (Fsp3) is 0.682. The second-order valence-corrected chi connectivity index (χ2v) is 7.58. The lowest BCUT2D eigenvalue weighted by Crippen LogP contribution is -2.47. The molecule has 0 aromatic heterocycles. The van der Waals surface area contributed by atoms with Gasteiger partial charge in [0.25, 0.3) is 0 Å². The third-order valence-electron chi connectivity index (χ3n) is 5.44. The highest BCUT2D eigenvalue weighted by atomic mass is 16.5. The number of para-hydroxylation sites is 1. The highest BCUT2D eigenvalue weighted by Crippen LogP contribution is 2.18. The number of piperidine rings is 1. The quantitative estimate of drug-likeness (QED) is 0.421. The normalized spacial score (nSPS) is 19.6. The molecule has 0 atom stereocenters. The largest absolute Gasteiger partial charge is 0.490 e. The molecule has 28 heavy (non-hydrogen) atoms. The van der Waals surface area contributed by atoms with Crippen LogP contribution in [0, 0.1) is 5.92 Å².